The molecule has 0 aliphatic heterocycles. The van der Waals surface area contributed by atoms with E-state index in [-0.39, 0.29) is 11.7 Å². The van der Waals surface area contributed by atoms with Crippen LogP contribution in [0.4, 0.5) is 26.0 Å². The van der Waals surface area contributed by atoms with Gasteiger partial charge in [0.05, 0.1) is 16.6 Å². The summed E-state index contributed by atoms with van der Waals surface area (Å²) < 4.78 is 27.9. The van der Waals surface area contributed by atoms with E-state index in [4.69, 9.17) is 0 Å². The molecule has 3 N–H and O–H groups in total. The molecule has 5 rings (SSSR count). The second kappa shape index (κ2) is 11.0. The van der Waals surface area contributed by atoms with Crippen LogP contribution >= 0.6 is 11.8 Å². The molecule has 0 radical (unpaired) electrons. The molecule has 3 aromatic carbocycles. The molecule has 0 unspecified atom stereocenters. The number of nitrogens with zero attached hydrogens (tertiary/aromatic N) is 3. The summed E-state index contributed by atoms with van der Waals surface area (Å²) >= 11 is 1.43. The van der Waals surface area contributed by atoms with Crippen molar-refractivity contribution >= 4 is 45.9 Å². The normalized spacial score (nSPS) is 11.1. The maximum absolute atomic E-state index is 14.2. The molecule has 0 saturated heterocycles. The van der Waals surface area contributed by atoms with E-state index in [1.54, 1.807) is 42.5 Å². The summed E-state index contributed by atoms with van der Waals surface area (Å²) in [5.41, 5.74) is 2.00. The van der Waals surface area contributed by atoms with Gasteiger partial charge in [-0.05, 0) is 72.6 Å². The standard InChI is InChI=1S/C29H23F2N5O2S/c1-16(2)23-12-11-21-27(35-23)32-15-33-28(21)36-24-14-17(34-29(38)20-4-3-5-22(30)26(20)31)6-13-25(24)39-19-9-7-18(37)8-10-19/h3-16,37H,1-2H3,(H,34,38)(H,32,33,35,36). The number of carbonyl (C=O) groups excluding carboxylic acids is 1. The Kier molecular flexibility index (Phi) is 7.38. The number of amides is 1. The number of halogens is 2. The van der Waals surface area contributed by atoms with Crippen LogP contribution in [0.5, 0.6) is 5.75 Å². The largest absolute Gasteiger partial charge is 0.508 e. The first-order valence-corrected chi connectivity index (χ1v) is 12.8. The topological polar surface area (TPSA) is 100 Å². The van der Waals surface area contributed by atoms with Crippen molar-refractivity contribution in [3.8, 4) is 5.75 Å². The molecule has 10 heteroatoms. The number of hydrogen-bond donors (Lipinski definition) is 3. The van der Waals surface area contributed by atoms with Crippen molar-refractivity contribution < 1.29 is 18.7 Å². The maximum atomic E-state index is 14.2. The Hall–Kier alpha value is -4.57. The third kappa shape index (κ3) is 5.80. The Balaban J connectivity index is 1.52. The molecule has 0 aliphatic rings. The third-order valence-corrected chi connectivity index (χ3v) is 6.95. The van der Waals surface area contributed by atoms with Crippen LogP contribution in [-0.2, 0) is 0 Å². The summed E-state index contributed by atoms with van der Waals surface area (Å²) in [5.74, 6) is -2.20. The van der Waals surface area contributed by atoms with Crippen molar-refractivity contribution in [3.63, 3.8) is 0 Å². The van der Waals surface area contributed by atoms with Crippen LogP contribution in [0, 0.1) is 11.6 Å². The van der Waals surface area contributed by atoms with E-state index in [0.29, 0.717) is 28.2 Å². The second-order valence-corrected chi connectivity index (χ2v) is 10.1. The quantitative estimate of drug-likeness (QED) is 0.198. The van der Waals surface area contributed by atoms with Gasteiger partial charge in [0, 0.05) is 21.2 Å². The van der Waals surface area contributed by atoms with Crippen LogP contribution in [0.1, 0.15) is 35.8 Å². The van der Waals surface area contributed by atoms with E-state index >= 15 is 0 Å². The van der Waals surface area contributed by atoms with E-state index in [2.05, 4.69) is 39.4 Å². The van der Waals surface area contributed by atoms with Gasteiger partial charge in [-0.3, -0.25) is 4.79 Å². The zero-order valence-corrected chi connectivity index (χ0v) is 21.8. The highest BCUT2D eigenvalue weighted by molar-refractivity contribution is 7.99. The van der Waals surface area contributed by atoms with Gasteiger partial charge in [0.1, 0.15) is 17.9 Å². The Morgan fingerprint density at radius 3 is 2.54 bits per heavy atom. The Bertz CT molecular complexity index is 1680. The first-order chi connectivity index (χ1) is 18.8. The number of anilines is 3. The van der Waals surface area contributed by atoms with Gasteiger partial charge in [-0.1, -0.05) is 31.7 Å². The Morgan fingerprint density at radius 2 is 1.77 bits per heavy atom. The minimum atomic E-state index is -1.21. The van der Waals surface area contributed by atoms with Gasteiger partial charge in [0.15, 0.2) is 17.3 Å². The summed E-state index contributed by atoms with van der Waals surface area (Å²) in [5, 5.41) is 16.3. The lowest BCUT2D eigenvalue weighted by Crippen LogP contribution is -2.14. The summed E-state index contributed by atoms with van der Waals surface area (Å²) in [6.45, 7) is 4.10. The van der Waals surface area contributed by atoms with Gasteiger partial charge >= 0.3 is 0 Å². The molecule has 0 saturated carbocycles. The zero-order valence-electron chi connectivity index (χ0n) is 20.9. The predicted octanol–water partition coefficient (Wildman–Crippen LogP) is 7.28. The number of nitrogens with one attached hydrogen (secondary N) is 2. The van der Waals surface area contributed by atoms with E-state index in [1.807, 2.05) is 12.1 Å². The van der Waals surface area contributed by atoms with Gasteiger partial charge in [-0.15, -0.1) is 0 Å². The molecule has 0 bridgehead atoms. The lowest BCUT2D eigenvalue weighted by molar-refractivity contribution is 0.102. The van der Waals surface area contributed by atoms with Gasteiger partial charge in [-0.25, -0.2) is 23.7 Å². The van der Waals surface area contributed by atoms with Crippen LogP contribution in [-0.4, -0.2) is 26.0 Å². The third-order valence-electron chi connectivity index (χ3n) is 5.86. The van der Waals surface area contributed by atoms with Gasteiger partial charge in [0.2, 0.25) is 0 Å². The Labute approximate surface area is 227 Å². The number of fused-ring (bicyclic) bond motifs is 1. The predicted molar refractivity (Wildman–Crippen MR) is 148 cm³/mol. The molecular formula is C29H23F2N5O2S. The molecule has 7 nitrogen and oxygen atoms in total. The molecule has 39 heavy (non-hydrogen) atoms. The average Bonchev–Trinajstić information content (AvgIpc) is 2.92. The monoisotopic (exact) mass is 543 g/mol. The lowest BCUT2D eigenvalue weighted by atomic mass is 10.1. The first kappa shape index (κ1) is 26.1. The van der Waals surface area contributed by atoms with E-state index in [0.717, 1.165) is 21.6 Å². The molecule has 0 spiro atoms. The molecule has 0 atom stereocenters. The highest BCUT2D eigenvalue weighted by Crippen LogP contribution is 2.38. The molecule has 1 amide bonds. The lowest BCUT2D eigenvalue weighted by Gasteiger charge is -2.15. The maximum Gasteiger partial charge on any atom is 0.258 e. The summed E-state index contributed by atoms with van der Waals surface area (Å²) in [4.78, 5) is 27.8. The van der Waals surface area contributed by atoms with Crippen molar-refractivity contribution in [2.75, 3.05) is 10.6 Å². The van der Waals surface area contributed by atoms with Crippen LogP contribution in [0.15, 0.2) is 88.9 Å². The van der Waals surface area contributed by atoms with E-state index in [9.17, 15) is 18.7 Å². The minimum Gasteiger partial charge on any atom is -0.508 e. The minimum absolute atomic E-state index is 0.154. The molecule has 2 aromatic heterocycles. The highest BCUT2D eigenvalue weighted by atomic mass is 32.2. The number of aromatic nitrogens is 3. The average molecular weight is 544 g/mol. The fourth-order valence-corrected chi connectivity index (χ4v) is 4.70. The second-order valence-electron chi connectivity index (χ2n) is 8.97. The summed E-state index contributed by atoms with van der Waals surface area (Å²) in [6, 6.07) is 19.2. The number of carbonyl (C=O) groups is 1. The summed E-state index contributed by atoms with van der Waals surface area (Å²) in [6.07, 6.45) is 1.42. The smallest absolute Gasteiger partial charge is 0.258 e. The molecule has 196 valence electrons. The van der Waals surface area contributed by atoms with Crippen LogP contribution in [0.2, 0.25) is 0 Å². The van der Waals surface area contributed by atoms with Crippen LogP contribution < -0.4 is 10.6 Å². The number of aromatic hydroxyl groups is 1. The fourth-order valence-electron chi connectivity index (χ4n) is 3.82. The van der Waals surface area contributed by atoms with Gasteiger partial charge in [0.25, 0.3) is 5.91 Å². The molecular weight excluding hydrogens is 520 g/mol. The van der Waals surface area contributed by atoms with Crippen molar-refractivity contribution in [2.24, 2.45) is 0 Å². The molecule has 5 aromatic rings. The number of hydrogen-bond acceptors (Lipinski definition) is 7. The van der Waals surface area contributed by atoms with Gasteiger partial charge in [-0.2, -0.15) is 0 Å². The number of phenols is 1. The zero-order chi connectivity index (χ0) is 27.5. The van der Waals surface area contributed by atoms with E-state index < -0.39 is 23.1 Å². The number of rotatable bonds is 7. The highest BCUT2D eigenvalue weighted by Gasteiger charge is 2.17. The Morgan fingerprint density at radius 1 is 0.974 bits per heavy atom. The number of phenolic OH excluding ortho intramolecular Hbond substituents is 1. The summed E-state index contributed by atoms with van der Waals surface area (Å²) in [7, 11) is 0. The van der Waals surface area contributed by atoms with Crippen molar-refractivity contribution in [2.45, 2.75) is 29.6 Å². The van der Waals surface area contributed by atoms with Crippen LogP contribution in [0.3, 0.4) is 0 Å². The van der Waals surface area contributed by atoms with Crippen molar-refractivity contribution in [3.05, 3.63) is 102 Å². The molecule has 0 fully saturated rings. The van der Waals surface area contributed by atoms with E-state index in [1.165, 1.54) is 30.2 Å². The fraction of sp³-hybridized carbons (Fsp3) is 0.103. The van der Waals surface area contributed by atoms with Crippen molar-refractivity contribution in [1.29, 1.82) is 0 Å². The van der Waals surface area contributed by atoms with Crippen molar-refractivity contribution in [1.82, 2.24) is 15.0 Å². The number of benzene rings is 3. The van der Waals surface area contributed by atoms with Crippen LogP contribution in [0.25, 0.3) is 11.0 Å². The SMILES string of the molecule is CC(C)c1ccc2c(Nc3cc(NC(=O)c4cccc(F)c4F)ccc3Sc3ccc(O)cc3)ncnc2n1. The molecule has 2 heterocycles. The molecule has 0 aliphatic carbocycles. The number of pyridine rings is 1. The first-order valence-electron chi connectivity index (χ1n) is 12.0. The van der Waals surface area contributed by atoms with Gasteiger partial charge < -0.3 is 15.7 Å².